The zero-order valence-electron chi connectivity index (χ0n) is 15.1. The van der Waals surface area contributed by atoms with E-state index >= 15 is 0 Å². The van der Waals surface area contributed by atoms with Gasteiger partial charge in [-0.05, 0) is 43.5 Å². The molecule has 0 saturated carbocycles. The van der Waals surface area contributed by atoms with Crippen molar-refractivity contribution in [2.75, 3.05) is 13.2 Å². The fraction of sp³-hybridized carbons (Fsp3) is 0.400. The van der Waals surface area contributed by atoms with Crippen molar-refractivity contribution in [3.63, 3.8) is 0 Å². The topological polar surface area (TPSA) is 69.3 Å². The number of ether oxygens (including phenoxy) is 1. The Bertz CT molecular complexity index is 987. The third-order valence-electron chi connectivity index (χ3n) is 5.11. The van der Waals surface area contributed by atoms with Crippen LogP contribution in [0.2, 0.25) is 0 Å². The molecule has 0 atom stereocenters. The zero-order chi connectivity index (χ0) is 18.3. The van der Waals surface area contributed by atoms with Gasteiger partial charge >= 0.3 is 0 Å². The molecule has 26 heavy (non-hydrogen) atoms. The van der Waals surface area contributed by atoms with Crippen LogP contribution >= 0.6 is 0 Å². The molecule has 0 unspecified atom stereocenters. The van der Waals surface area contributed by atoms with Crippen LogP contribution in [0, 0.1) is 6.92 Å². The number of hydrogen-bond donors (Lipinski definition) is 1. The summed E-state index contributed by atoms with van der Waals surface area (Å²) in [6, 6.07) is 8.12. The van der Waals surface area contributed by atoms with Crippen LogP contribution in [-0.4, -0.2) is 32.4 Å². The Morgan fingerprint density at radius 2 is 2.04 bits per heavy atom. The molecule has 3 heterocycles. The SMILES string of the molecule is Cc1cc(-c2nc3cc(CO)ccc3n2C2CCOCC2)cn(C)c1=O. The van der Waals surface area contributed by atoms with Crippen molar-refractivity contribution in [1.82, 2.24) is 14.1 Å². The lowest BCUT2D eigenvalue weighted by Crippen LogP contribution is -2.21. The smallest absolute Gasteiger partial charge is 0.253 e. The van der Waals surface area contributed by atoms with Crippen molar-refractivity contribution in [2.45, 2.75) is 32.4 Å². The molecule has 4 rings (SSSR count). The van der Waals surface area contributed by atoms with Crippen LogP contribution in [0.1, 0.15) is 30.0 Å². The molecule has 0 bridgehead atoms. The van der Waals surface area contributed by atoms with E-state index in [4.69, 9.17) is 9.72 Å². The maximum absolute atomic E-state index is 12.1. The van der Waals surface area contributed by atoms with Gasteiger partial charge in [-0.15, -0.1) is 0 Å². The molecule has 0 radical (unpaired) electrons. The number of imidazole rings is 1. The van der Waals surface area contributed by atoms with E-state index in [-0.39, 0.29) is 12.2 Å². The first-order valence-electron chi connectivity index (χ1n) is 8.95. The first kappa shape index (κ1) is 17.0. The predicted octanol–water partition coefficient (Wildman–Crippen LogP) is 2.55. The van der Waals surface area contributed by atoms with Crippen molar-refractivity contribution in [1.29, 1.82) is 0 Å². The number of aliphatic hydroxyl groups excluding tert-OH is 1. The maximum atomic E-state index is 12.1. The fourth-order valence-electron chi connectivity index (χ4n) is 3.76. The van der Waals surface area contributed by atoms with Crippen LogP contribution in [0.15, 0.2) is 35.3 Å². The van der Waals surface area contributed by atoms with Gasteiger partial charge in [0.2, 0.25) is 0 Å². The van der Waals surface area contributed by atoms with Gasteiger partial charge in [0.25, 0.3) is 5.56 Å². The number of aryl methyl sites for hydroxylation is 2. The van der Waals surface area contributed by atoms with E-state index < -0.39 is 0 Å². The predicted molar refractivity (Wildman–Crippen MR) is 100 cm³/mol. The Labute approximate surface area is 151 Å². The molecule has 1 aliphatic heterocycles. The summed E-state index contributed by atoms with van der Waals surface area (Å²) < 4.78 is 9.42. The molecule has 1 fully saturated rings. The summed E-state index contributed by atoms with van der Waals surface area (Å²) >= 11 is 0. The fourth-order valence-corrected chi connectivity index (χ4v) is 3.76. The second kappa shape index (κ2) is 6.70. The van der Waals surface area contributed by atoms with Crippen LogP contribution < -0.4 is 5.56 Å². The van der Waals surface area contributed by atoms with Gasteiger partial charge in [-0.2, -0.15) is 0 Å². The molecular weight excluding hydrogens is 330 g/mol. The van der Waals surface area contributed by atoms with Crippen LogP contribution in [0.3, 0.4) is 0 Å². The molecule has 1 saturated heterocycles. The molecule has 0 amide bonds. The number of pyridine rings is 1. The Balaban J connectivity index is 1.96. The molecule has 3 aromatic rings. The summed E-state index contributed by atoms with van der Waals surface area (Å²) in [6.07, 6.45) is 3.72. The highest BCUT2D eigenvalue weighted by molar-refractivity contribution is 5.81. The van der Waals surface area contributed by atoms with Gasteiger partial charge in [-0.1, -0.05) is 6.07 Å². The summed E-state index contributed by atoms with van der Waals surface area (Å²) in [4.78, 5) is 17.0. The van der Waals surface area contributed by atoms with E-state index in [9.17, 15) is 9.90 Å². The minimum absolute atomic E-state index is 0.00467. The second-order valence-corrected chi connectivity index (χ2v) is 6.96. The standard InChI is InChI=1S/C20H23N3O3/c1-13-9-15(11-22(2)20(13)25)19-21-17-10-14(12-24)3-4-18(17)23(19)16-5-7-26-8-6-16/h3-4,9-11,16,24H,5-8,12H2,1-2H3. The van der Waals surface area contributed by atoms with E-state index in [1.54, 1.807) is 11.6 Å². The Morgan fingerprint density at radius 3 is 2.73 bits per heavy atom. The van der Waals surface area contributed by atoms with Gasteiger partial charge in [-0.25, -0.2) is 4.98 Å². The molecule has 1 aromatic carbocycles. The van der Waals surface area contributed by atoms with E-state index in [1.165, 1.54) is 0 Å². The maximum Gasteiger partial charge on any atom is 0.253 e. The Morgan fingerprint density at radius 1 is 1.27 bits per heavy atom. The summed E-state index contributed by atoms with van der Waals surface area (Å²) in [6.45, 7) is 3.31. The Hall–Kier alpha value is -2.44. The van der Waals surface area contributed by atoms with Crippen LogP contribution in [0.5, 0.6) is 0 Å². The highest BCUT2D eigenvalue weighted by Gasteiger charge is 2.23. The largest absolute Gasteiger partial charge is 0.392 e. The summed E-state index contributed by atoms with van der Waals surface area (Å²) in [7, 11) is 1.77. The van der Waals surface area contributed by atoms with Crippen molar-refractivity contribution in [2.24, 2.45) is 7.05 Å². The molecular formula is C20H23N3O3. The van der Waals surface area contributed by atoms with Gasteiger partial charge in [0, 0.05) is 43.6 Å². The van der Waals surface area contributed by atoms with E-state index in [0.29, 0.717) is 11.6 Å². The Kier molecular flexibility index (Phi) is 4.38. The van der Waals surface area contributed by atoms with Crippen LogP contribution in [0.25, 0.3) is 22.4 Å². The average molecular weight is 353 g/mol. The van der Waals surface area contributed by atoms with Gasteiger partial charge in [0.1, 0.15) is 5.82 Å². The third kappa shape index (κ3) is 2.85. The highest BCUT2D eigenvalue weighted by Crippen LogP contribution is 2.33. The van der Waals surface area contributed by atoms with Crippen LogP contribution in [-0.2, 0) is 18.4 Å². The molecule has 0 aliphatic carbocycles. The van der Waals surface area contributed by atoms with E-state index in [1.807, 2.05) is 37.4 Å². The number of hydrogen-bond acceptors (Lipinski definition) is 4. The van der Waals surface area contributed by atoms with Gasteiger partial charge < -0.3 is 19.0 Å². The number of aromatic nitrogens is 3. The number of nitrogens with zero attached hydrogens (tertiary/aromatic N) is 3. The van der Waals surface area contributed by atoms with E-state index in [0.717, 1.165) is 54.0 Å². The number of aliphatic hydroxyl groups is 1. The molecule has 1 aliphatic rings. The number of rotatable bonds is 3. The van der Waals surface area contributed by atoms with Crippen molar-refractivity contribution in [3.05, 3.63) is 51.9 Å². The normalized spacial score (nSPS) is 15.7. The lowest BCUT2D eigenvalue weighted by atomic mass is 10.1. The highest BCUT2D eigenvalue weighted by atomic mass is 16.5. The summed E-state index contributed by atoms with van der Waals surface area (Å²) in [5, 5.41) is 9.45. The quantitative estimate of drug-likeness (QED) is 0.786. The lowest BCUT2D eigenvalue weighted by molar-refractivity contribution is 0.0710. The van der Waals surface area contributed by atoms with Crippen LogP contribution in [0.4, 0.5) is 0 Å². The molecule has 2 aromatic heterocycles. The molecule has 6 heteroatoms. The summed E-state index contributed by atoms with van der Waals surface area (Å²) in [5.74, 6) is 0.862. The summed E-state index contributed by atoms with van der Waals surface area (Å²) in [5.41, 5.74) is 4.40. The monoisotopic (exact) mass is 353 g/mol. The first-order valence-corrected chi connectivity index (χ1v) is 8.95. The molecule has 0 spiro atoms. The zero-order valence-corrected chi connectivity index (χ0v) is 15.1. The van der Waals surface area contributed by atoms with Gasteiger partial charge in [0.05, 0.1) is 17.6 Å². The lowest BCUT2D eigenvalue weighted by Gasteiger charge is -2.26. The first-order chi connectivity index (χ1) is 12.6. The van der Waals surface area contributed by atoms with E-state index in [2.05, 4.69) is 4.57 Å². The average Bonchev–Trinajstić information content (AvgIpc) is 3.05. The molecule has 6 nitrogen and oxygen atoms in total. The minimum atomic E-state index is -0.00561. The molecule has 1 N–H and O–H groups in total. The third-order valence-corrected chi connectivity index (χ3v) is 5.11. The molecule has 136 valence electrons. The second-order valence-electron chi connectivity index (χ2n) is 6.96. The van der Waals surface area contributed by atoms with Gasteiger partial charge in [-0.3, -0.25) is 4.79 Å². The minimum Gasteiger partial charge on any atom is -0.392 e. The van der Waals surface area contributed by atoms with Crippen molar-refractivity contribution in [3.8, 4) is 11.4 Å². The number of benzene rings is 1. The van der Waals surface area contributed by atoms with Crippen molar-refractivity contribution >= 4 is 11.0 Å². The van der Waals surface area contributed by atoms with Crippen molar-refractivity contribution < 1.29 is 9.84 Å². The van der Waals surface area contributed by atoms with Gasteiger partial charge in [0.15, 0.2) is 0 Å². The number of fused-ring (bicyclic) bond motifs is 1.